The van der Waals surface area contributed by atoms with E-state index in [1.165, 1.54) is 11.3 Å². The van der Waals surface area contributed by atoms with Crippen LogP contribution in [0.5, 0.6) is 0 Å². The van der Waals surface area contributed by atoms with Crippen LogP contribution in [0.1, 0.15) is 44.9 Å². The summed E-state index contributed by atoms with van der Waals surface area (Å²) in [6.45, 7) is 14.1. The largest absolute Gasteiger partial charge is 0.351 e. The van der Waals surface area contributed by atoms with Gasteiger partial charge in [-0.05, 0) is 44.1 Å². The van der Waals surface area contributed by atoms with Gasteiger partial charge < -0.3 is 15.1 Å². The Hall–Kier alpha value is -1.13. The minimum Gasteiger partial charge on any atom is -0.351 e. The fraction of sp³-hybridized carbons (Fsp3) is 0.706. The predicted octanol–water partition coefficient (Wildman–Crippen LogP) is 2.45. The third kappa shape index (κ3) is 4.17. The molecule has 1 aromatic heterocycles. The number of nitrogens with zero attached hydrogens (tertiary/aromatic N) is 3. The molecule has 1 fully saturated rings. The normalized spacial score (nSPS) is 20.3. The third-order valence-corrected chi connectivity index (χ3v) is 4.19. The van der Waals surface area contributed by atoms with E-state index in [2.05, 4.69) is 62.0 Å². The summed E-state index contributed by atoms with van der Waals surface area (Å²) < 4.78 is 0. The maximum Gasteiger partial charge on any atom is 0.129 e. The van der Waals surface area contributed by atoms with Crippen LogP contribution in [-0.4, -0.2) is 49.2 Å². The summed E-state index contributed by atoms with van der Waals surface area (Å²) in [7, 11) is 2.20. The van der Waals surface area contributed by atoms with E-state index >= 15 is 0 Å². The molecule has 1 saturated heterocycles. The Balaban J connectivity index is 2.26. The average Bonchev–Trinajstić information content (AvgIpc) is 2.44. The Labute approximate surface area is 129 Å². The molecule has 1 N–H and O–H groups in total. The molecule has 4 heteroatoms. The molecule has 0 aliphatic carbocycles. The van der Waals surface area contributed by atoms with Crippen LogP contribution in [-0.2, 0) is 6.54 Å². The van der Waals surface area contributed by atoms with E-state index in [0.717, 1.165) is 38.5 Å². The number of aromatic nitrogens is 1. The number of nitrogens with one attached hydrogen (secondary N) is 1. The topological polar surface area (TPSA) is 31.4 Å². The highest BCUT2D eigenvalue weighted by Crippen LogP contribution is 2.23. The summed E-state index contributed by atoms with van der Waals surface area (Å²) in [5.74, 6) is 1.61. The first-order chi connectivity index (χ1) is 10.0. The van der Waals surface area contributed by atoms with E-state index in [4.69, 9.17) is 4.98 Å². The maximum atomic E-state index is 4.92. The van der Waals surface area contributed by atoms with Crippen molar-refractivity contribution in [2.75, 3.05) is 38.1 Å². The van der Waals surface area contributed by atoms with Crippen molar-refractivity contribution in [1.29, 1.82) is 0 Å². The SMILES string of the molecule is CCNCc1cc(C(C)C)nc(N2CCN(C)CC2C)c1. The lowest BCUT2D eigenvalue weighted by Gasteiger charge is -2.39. The monoisotopic (exact) mass is 290 g/mol. The second-order valence-corrected chi connectivity index (χ2v) is 6.50. The van der Waals surface area contributed by atoms with Gasteiger partial charge in [0.05, 0.1) is 0 Å². The minimum atomic E-state index is 0.466. The van der Waals surface area contributed by atoms with Gasteiger partial charge in [-0.15, -0.1) is 0 Å². The standard InChI is InChI=1S/C17H30N4/c1-6-18-11-15-9-16(13(2)3)19-17(10-15)21-8-7-20(5)12-14(21)4/h9-10,13-14,18H,6-8,11-12H2,1-5H3. The van der Waals surface area contributed by atoms with Crippen LogP contribution in [0.4, 0.5) is 5.82 Å². The molecule has 0 bridgehead atoms. The second kappa shape index (κ2) is 7.23. The molecule has 118 valence electrons. The van der Waals surface area contributed by atoms with Crippen molar-refractivity contribution in [3.05, 3.63) is 23.4 Å². The zero-order chi connectivity index (χ0) is 15.4. The van der Waals surface area contributed by atoms with Crippen LogP contribution in [0, 0.1) is 0 Å². The lowest BCUT2D eigenvalue weighted by atomic mass is 10.1. The number of hydrogen-bond acceptors (Lipinski definition) is 4. The van der Waals surface area contributed by atoms with E-state index < -0.39 is 0 Å². The highest BCUT2D eigenvalue weighted by molar-refractivity contribution is 5.45. The molecule has 0 spiro atoms. The zero-order valence-corrected chi connectivity index (χ0v) is 14.2. The van der Waals surface area contributed by atoms with Gasteiger partial charge in [0.15, 0.2) is 0 Å². The van der Waals surface area contributed by atoms with Crippen LogP contribution in [0.2, 0.25) is 0 Å². The molecule has 1 unspecified atom stereocenters. The molecule has 0 amide bonds. The molecule has 1 atom stereocenters. The maximum absolute atomic E-state index is 4.92. The third-order valence-electron chi connectivity index (χ3n) is 4.19. The van der Waals surface area contributed by atoms with Gasteiger partial charge in [-0.2, -0.15) is 0 Å². The van der Waals surface area contributed by atoms with Crippen molar-refractivity contribution in [3.8, 4) is 0 Å². The van der Waals surface area contributed by atoms with Gasteiger partial charge in [0.25, 0.3) is 0 Å². The van der Waals surface area contributed by atoms with Crippen molar-refractivity contribution >= 4 is 5.82 Å². The zero-order valence-electron chi connectivity index (χ0n) is 14.2. The molecule has 0 radical (unpaired) electrons. The van der Waals surface area contributed by atoms with Gasteiger partial charge in [0.1, 0.15) is 5.82 Å². The first-order valence-corrected chi connectivity index (χ1v) is 8.18. The Kier molecular flexibility index (Phi) is 5.59. The van der Waals surface area contributed by atoms with E-state index in [1.54, 1.807) is 0 Å². The first kappa shape index (κ1) is 16.2. The molecule has 1 aliphatic rings. The molecule has 2 heterocycles. The Morgan fingerprint density at radius 3 is 2.71 bits per heavy atom. The quantitative estimate of drug-likeness (QED) is 0.902. The van der Waals surface area contributed by atoms with Crippen LogP contribution in [0.25, 0.3) is 0 Å². The van der Waals surface area contributed by atoms with Crippen molar-refractivity contribution < 1.29 is 0 Å². The molecule has 0 aromatic carbocycles. The number of likely N-dealkylation sites (N-methyl/N-ethyl adjacent to an activating group) is 1. The molecule has 21 heavy (non-hydrogen) atoms. The predicted molar refractivity (Wildman–Crippen MR) is 90.0 cm³/mol. The fourth-order valence-corrected chi connectivity index (χ4v) is 2.89. The number of anilines is 1. The number of piperazine rings is 1. The van der Waals surface area contributed by atoms with Crippen LogP contribution < -0.4 is 10.2 Å². The van der Waals surface area contributed by atoms with Gasteiger partial charge in [-0.25, -0.2) is 4.98 Å². The lowest BCUT2D eigenvalue weighted by Crippen LogP contribution is -2.50. The van der Waals surface area contributed by atoms with E-state index in [1.807, 2.05) is 0 Å². The molecular formula is C17H30N4. The molecular weight excluding hydrogens is 260 g/mol. The van der Waals surface area contributed by atoms with Crippen LogP contribution in [0.15, 0.2) is 12.1 Å². The molecule has 1 aliphatic heterocycles. The van der Waals surface area contributed by atoms with E-state index in [9.17, 15) is 0 Å². The van der Waals surface area contributed by atoms with Gasteiger partial charge >= 0.3 is 0 Å². The second-order valence-electron chi connectivity index (χ2n) is 6.50. The van der Waals surface area contributed by atoms with Gasteiger partial charge in [0.2, 0.25) is 0 Å². The van der Waals surface area contributed by atoms with Crippen LogP contribution >= 0.6 is 0 Å². The minimum absolute atomic E-state index is 0.466. The highest BCUT2D eigenvalue weighted by Gasteiger charge is 2.23. The molecule has 4 nitrogen and oxygen atoms in total. The molecule has 0 saturated carbocycles. The van der Waals surface area contributed by atoms with Gasteiger partial charge in [-0.3, -0.25) is 0 Å². The fourth-order valence-electron chi connectivity index (χ4n) is 2.89. The summed E-state index contributed by atoms with van der Waals surface area (Å²) in [5.41, 5.74) is 2.54. The molecule has 2 rings (SSSR count). The summed E-state index contributed by atoms with van der Waals surface area (Å²) in [5, 5.41) is 3.42. The first-order valence-electron chi connectivity index (χ1n) is 8.18. The average molecular weight is 290 g/mol. The Morgan fingerprint density at radius 1 is 1.33 bits per heavy atom. The van der Waals surface area contributed by atoms with Crippen molar-refractivity contribution in [2.24, 2.45) is 0 Å². The number of hydrogen-bond donors (Lipinski definition) is 1. The van der Waals surface area contributed by atoms with Gasteiger partial charge in [0, 0.05) is 37.9 Å². The van der Waals surface area contributed by atoms with Gasteiger partial charge in [-0.1, -0.05) is 20.8 Å². The van der Waals surface area contributed by atoms with Crippen molar-refractivity contribution in [1.82, 2.24) is 15.2 Å². The highest BCUT2D eigenvalue weighted by atomic mass is 15.3. The van der Waals surface area contributed by atoms with E-state index in [0.29, 0.717) is 12.0 Å². The number of pyridine rings is 1. The summed E-state index contributed by atoms with van der Waals surface area (Å²) in [6, 6.07) is 5.03. The summed E-state index contributed by atoms with van der Waals surface area (Å²) in [4.78, 5) is 9.78. The number of rotatable bonds is 5. The summed E-state index contributed by atoms with van der Waals surface area (Å²) >= 11 is 0. The van der Waals surface area contributed by atoms with E-state index in [-0.39, 0.29) is 0 Å². The van der Waals surface area contributed by atoms with Crippen LogP contribution in [0.3, 0.4) is 0 Å². The smallest absolute Gasteiger partial charge is 0.129 e. The Morgan fingerprint density at radius 2 is 2.10 bits per heavy atom. The Bertz CT molecular complexity index is 458. The molecule has 1 aromatic rings. The van der Waals surface area contributed by atoms with Crippen molar-refractivity contribution in [2.45, 2.75) is 46.2 Å². The van der Waals surface area contributed by atoms with Crippen molar-refractivity contribution in [3.63, 3.8) is 0 Å². The summed E-state index contributed by atoms with van der Waals surface area (Å²) in [6.07, 6.45) is 0. The lowest BCUT2D eigenvalue weighted by molar-refractivity contribution is 0.274.